The van der Waals surface area contributed by atoms with Crippen molar-refractivity contribution in [3.05, 3.63) is 48.0 Å². The number of ether oxygens (including phenoxy) is 2. The molecule has 2 rings (SSSR count). The van der Waals surface area contributed by atoms with Crippen LogP contribution in [0.3, 0.4) is 0 Å². The number of amides is 2. The number of methoxy groups -OCH3 is 2. The summed E-state index contributed by atoms with van der Waals surface area (Å²) >= 11 is 0. The summed E-state index contributed by atoms with van der Waals surface area (Å²) in [6.07, 6.45) is 0. The molecular weight excluding hydrogens is 300 g/mol. The molecule has 0 fully saturated rings. The van der Waals surface area contributed by atoms with Crippen LogP contribution in [-0.2, 0) is 0 Å². The maximum atomic E-state index is 12.0. The molecule has 0 unspecified atom stereocenters. The number of carboxylic acids is 1. The molecule has 0 saturated carbocycles. The highest BCUT2D eigenvalue weighted by Crippen LogP contribution is 2.25. The van der Waals surface area contributed by atoms with E-state index in [2.05, 4.69) is 10.6 Å². The minimum atomic E-state index is -1.06. The smallest absolute Gasteiger partial charge is 0.335 e. The molecule has 0 radical (unpaired) electrons. The van der Waals surface area contributed by atoms with Gasteiger partial charge in [-0.05, 0) is 18.2 Å². The van der Waals surface area contributed by atoms with Crippen LogP contribution >= 0.6 is 0 Å². The number of aromatic carboxylic acids is 1. The normalized spacial score (nSPS) is 9.83. The minimum absolute atomic E-state index is 0.0887. The van der Waals surface area contributed by atoms with Gasteiger partial charge in [-0.3, -0.25) is 0 Å². The fourth-order valence-electron chi connectivity index (χ4n) is 1.90. The Hall–Kier alpha value is -3.22. The minimum Gasteiger partial charge on any atom is -0.497 e. The molecule has 7 nitrogen and oxygen atoms in total. The van der Waals surface area contributed by atoms with Gasteiger partial charge in [-0.1, -0.05) is 6.07 Å². The Morgan fingerprint density at radius 3 is 2.09 bits per heavy atom. The van der Waals surface area contributed by atoms with Crippen molar-refractivity contribution in [2.75, 3.05) is 24.9 Å². The first kappa shape index (κ1) is 16.2. The standard InChI is InChI=1S/C16H16N2O5/c1-22-13-7-12(8-14(9-13)23-2)18-16(21)17-11-5-3-4-10(6-11)15(19)20/h3-9H,1-2H3,(H,19,20)(H2,17,18,21). The largest absolute Gasteiger partial charge is 0.497 e. The zero-order chi connectivity index (χ0) is 16.8. The molecule has 0 aromatic heterocycles. The molecule has 23 heavy (non-hydrogen) atoms. The average Bonchev–Trinajstić information content (AvgIpc) is 2.54. The summed E-state index contributed by atoms with van der Waals surface area (Å²) in [5.74, 6) is 0.00615. The lowest BCUT2D eigenvalue weighted by atomic mass is 10.2. The quantitative estimate of drug-likeness (QED) is 0.787. The van der Waals surface area contributed by atoms with Crippen molar-refractivity contribution in [1.82, 2.24) is 0 Å². The Balaban J connectivity index is 2.10. The van der Waals surface area contributed by atoms with Crippen molar-refractivity contribution in [3.8, 4) is 11.5 Å². The summed E-state index contributed by atoms with van der Waals surface area (Å²) in [5, 5.41) is 14.1. The van der Waals surface area contributed by atoms with E-state index in [1.165, 1.54) is 26.4 Å². The second-order valence-corrected chi connectivity index (χ2v) is 4.57. The van der Waals surface area contributed by atoms with E-state index in [1.807, 2.05) is 0 Å². The molecular formula is C16H16N2O5. The second-order valence-electron chi connectivity index (χ2n) is 4.57. The van der Waals surface area contributed by atoms with Crippen molar-refractivity contribution >= 4 is 23.4 Å². The molecule has 0 bridgehead atoms. The Kier molecular flexibility index (Phi) is 5.03. The van der Waals surface area contributed by atoms with E-state index in [4.69, 9.17) is 14.6 Å². The first-order chi connectivity index (χ1) is 11.0. The average molecular weight is 316 g/mol. The lowest BCUT2D eigenvalue weighted by molar-refractivity contribution is 0.0697. The number of carbonyl (C=O) groups excluding carboxylic acids is 1. The van der Waals surface area contributed by atoms with Gasteiger partial charge in [0.1, 0.15) is 11.5 Å². The van der Waals surface area contributed by atoms with Crippen LogP contribution in [0.1, 0.15) is 10.4 Å². The third kappa shape index (κ3) is 4.37. The lowest BCUT2D eigenvalue weighted by Crippen LogP contribution is -2.19. The fourth-order valence-corrected chi connectivity index (χ4v) is 1.90. The molecule has 3 N–H and O–H groups in total. The predicted molar refractivity (Wildman–Crippen MR) is 85.6 cm³/mol. The maximum absolute atomic E-state index is 12.0. The van der Waals surface area contributed by atoms with Crippen LogP contribution in [-0.4, -0.2) is 31.3 Å². The number of benzene rings is 2. The van der Waals surface area contributed by atoms with Gasteiger partial charge in [0.15, 0.2) is 0 Å². The van der Waals surface area contributed by atoms with Gasteiger partial charge in [0.2, 0.25) is 0 Å². The molecule has 0 spiro atoms. The lowest BCUT2D eigenvalue weighted by Gasteiger charge is -2.11. The van der Waals surface area contributed by atoms with Crippen LogP contribution in [0.15, 0.2) is 42.5 Å². The van der Waals surface area contributed by atoms with Crippen molar-refractivity contribution in [1.29, 1.82) is 0 Å². The third-order valence-electron chi connectivity index (χ3n) is 2.98. The number of hydrogen-bond donors (Lipinski definition) is 3. The first-order valence-corrected chi connectivity index (χ1v) is 6.66. The zero-order valence-corrected chi connectivity index (χ0v) is 12.6. The van der Waals surface area contributed by atoms with Gasteiger partial charge in [-0.2, -0.15) is 0 Å². The highest BCUT2D eigenvalue weighted by molar-refractivity contribution is 6.00. The van der Waals surface area contributed by atoms with Crippen LogP contribution < -0.4 is 20.1 Å². The molecule has 0 aliphatic heterocycles. The Labute approximate surface area is 132 Å². The highest BCUT2D eigenvalue weighted by atomic mass is 16.5. The van der Waals surface area contributed by atoms with E-state index in [1.54, 1.807) is 30.3 Å². The van der Waals surface area contributed by atoms with E-state index >= 15 is 0 Å². The molecule has 0 aliphatic carbocycles. The summed E-state index contributed by atoms with van der Waals surface area (Å²) in [5.41, 5.74) is 0.941. The van der Waals surface area contributed by atoms with Crippen molar-refractivity contribution < 1.29 is 24.2 Å². The highest BCUT2D eigenvalue weighted by Gasteiger charge is 2.08. The van der Waals surface area contributed by atoms with Crippen molar-refractivity contribution in [2.24, 2.45) is 0 Å². The zero-order valence-electron chi connectivity index (χ0n) is 12.6. The van der Waals surface area contributed by atoms with E-state index < -0.39 is 12.0 Å². The molecule has 0 atom stereocenters. The number of urea groups is 1. The van der Waals surface area contributed by atoms with Gasteiger partial charge in [0.25, 0.3) is 0 Å². The molecule has 120 valence electrons. The Morgan fingerprint density at radius 1 is 0.913 bits per heavy atom. The molecule has 0 heterocycles. The van der Waals surface area contributed by atoms with Gasteiger partial charge in [0.05, 0.1) is 19.8 Å². The summed E-state index contributed by atoms with van der Waals surface area (Å²) in [6.45, 7) is 0. The topological polar surface area (TPSA) is 96.9 Å². The summed E-state index contributed by atoms with van der Waals surface area (Å²) in [4.78, 5) is 22.9. The van der Waals surface area contributed by atoms with Gasteiger partial charge in [-0.25, -0.2) is 9.59 Å². The molecule has 7 heteroatoms. The van der Waals surface area contributed by atoms with Crippen LogP contribution in [0.2, 0.25) is 0 Å². The van der Waals surface area contributed by atoms with Gasteiger partial charge < -0.3 is 25.2 Å². The van der Waals surface area contributed by atoms with Crippen LogP contribution in [0.4, 0.5) is 16.2 Å². The molecule has 0 aliphatic rings. The number of carboxylic acid groups (broad SMARTS) is 1. The van der Waals surface area contributed by atoms with Crippen molar-refractivity contribution in [2.45, 2.75) is 0 Å². The van der Waals surface area contributed by atoms with Gasteiger partial charge in [-0.15, -0.1) is 0 Å². The summed E-state index contributed by atoms with van der Waals surface area (Å²) < 4.78 is 10.2. The number of hydrogen-bond acceptors (Lipinski definition) is 4. The Bertz CT molecular complexity index is 708. The van der Waals surface area contributed by atoms with Crippen molar-refractivity contribution in [3.63, 3.8) is 0 Å². The number of rotatable bonds is 5. The number of carbonyl (C=O) groups is 2. The SMILES string of the molecule is COc1cc(NC(=O)Nc2cccc(C(=O)O)c2)cc(OC)c1. The first-order valence-electron chi connectivity index (χ1n) is 6.66. The van der Waals surface area contributed by atoms with Crippen LogP contribution in [0.5, 0.6) is 11.5 Å². The van der Waals surface area contributed by atoms with Crippen LogP contribution in [0.25, 0.3) is 0 Å². The second kappa shape index (κ2) is 7.17. The van der Waals surface area contributed by atoms with Gasteiger partial charge in [0, 0.05) is 29.6 Å². The summed E-state index contributed by atoms with van der Waals surface area (Å²) in [6, 6.07) is 10.4. The van der Waals surface area contributed by atoms with E-state index in [9.17, 15) is 9.59 Å². The van der Waals surface area contributed by atoms with E-state index in [-0.39, 0.29) is 5.56 Å². The number of nitrogens with one attached hydrogen (secondary N) is 2. The maximum Gasteiger partial charge on any atom is 0.335 e. The van der Waals surface area contributed by atoms with E-state index in [0.717, 1.165) is 0 Å². The monoisotopic (exact) mass is 316 g/mol. The third-order valence-corrected chi connectivity index (χ3v) is 2.98. The molecule has 2 aromatic carbocycles. The Morgan fingerprint density at radius 2 is 1.52 bits per heavy atom. The predicted octanol–water partition coefficient (Wildman–Crippen LogP) is 3.05. The van der Waals surface area contributed by atoms with Gasteiger partial charge >= 0.3 is 12.0 Å². The summed E-state index contributed by atoms with van der Waals surface area (Å²) in [7, 11) is 3.02. The van der Waals surface area contributed by atoms with Crippen LogP contribution in [0, 0.1) is 0 Å². The molecule has 2 aromatic rings. The fraction of sp³-hybridized carbons (Fsp3) is 0.125. The molecule has 0 saturated heterocycles. The number of anilines is 2. The van der Waals surface area contributed by atoms with E-state index in [0.29, 0.717) is 22.9 Å². The molecule has 2 amide bonds.